The first-order valence-corrected chi connectivity index (χ1v) is 42.2. The van der Waals surface area contributed by atoms with Crippen LogP contribution in [-0.2, 0) is 90.6 Å². The predicted octanol–water partition coefficient (Wildman–Crippen LogP) is 19.0. The van der Waals surface area contributed by atoms with E-state index in [-0.39, 0.29) is 85.3 Å². The van der Waals surface area contributed by atoms with Gasteiger partial charge in [0.15, 0.2) is 0 Å². The number of hydrogen-bond acceptors (Lipinski definition) is 10. The summed E-state index contributed by atoms with van der Waals surface area (Å²) in [5.74, 6) is -13.2. The number of alkyl halides is 8. The number of piperazine rings is 1. The number of nitrogens with one attached hydrogen (secondary N) is 7. The van der Waals surface area contributed by atoms with Crippen LogP contribution in [0.5, 0.6) is 0 Å². The van der Waals surface area contributed by atoms with E-state index in [4.69, 9.17) is 4.74 Å². The van der Waals surface area contributed by atoms with Crippen LogP contribution in [0.15, 0.2) is 121 Å². The van der Waals surface area contributed by atoms with Gasteiger partial charge in [0.2, 0.25) is 17.7 Å². The van der Waals surface area contributed by atoms with Crippen molar-refractivity contribution in [3.05, 3.63) is 211 Å². The molecule has 0 aliphatic carbocycles. The Labute approximate surface area is 726 Å². The largest absolute Gasteiger partial charge is 0.378 e. The van der Waals surface area contributed by atoms with Gasteiger partial charge in [-0.2, -0.15) is 0 Å². The molecule has 0 bridgehead atoms. The molecule has 1 unspecified atom stereocenters. The molecule has 0 radical (unpaired) electrons. The lowest BCUT2D eigenvalue weighted by molar-refractivity contribution is -0.135. The van der Waals surface area contributed by atoms with Crippen LogP contribution in [0.25, 0.3) is 0 Å². The maximum atomic E-state index is 13.7. The smallest absolute Gasteiger partial charge is 0.270 e. The zero-order valence-electron chi connectivity index (χ0n) is 76.4. The fourth-order valence-corrected chi connectivity index (χ4v) is 14.7. The van der Waals surface area contributed by atoms with Gasteiger partial charge in [0.25, 0.3) is 47.3 Å². The monoisotopic (exact) mass is 1730 g/mol. The second-order valence-corrected chi connectivity index (χ2v) is 36.4. The number of anilines is 4. The van der Waals surface area contributed by atoms with Crippen LogP contribution in [0.4, 0.5) is 57.9 Å². The second-order valence-electron chi connectivity index (χ2n) is 36.4. The van der Waals surface area contributed by atoms with Gasteiger partial charge >= 0.3 is 0 Å². The van der Waals surface area contributed by atoms with Crippen molar-refractivity contribution in [2.24, 2.45) is 0 Å². The molecule has 8 aromatic rings. The van der Waals surface area contributed by atoms with Crippen LogP contribution < -0.4 is 37.2 Å². The Morgan fingerprint density at radius 2 is 0.637 bits per heavy atom. The molecule has 0 spiro atoms. The molecule has 0 saturated carbocycles. The highest BCUT2D eigenvalue weighted by molar-refractivity contribution is 6.07. The summed E-state index contributed by atoms with van der Waals surface area (Å²) in [5, 5.41) is 20.1. The van der Waals surface area contributed by atoms with Gasteiger partial charge in [0, 0.05) is 238 Å². The first kappa shape index (κ1) is 101. The van der Waals surface area contributed by atoms with E-state index in [0.29, 0.717) is 129 Å². The number of halogens is 8. The second kappa shape index (κ2) is 41.6. The van der Waals surface area contributed by atoms with E-state index in [9.17, 15) is 68.7 Å². The number of ether oxygens (including phenoxy) is 1. The highest BCUT2D eigenvalue weighted by Crippen LogP contribution is 2.38. The predicted molar refractivity (Wildman–Crippen MR) is 475 cm³/mol. The zero-order chi connectivity index (χ0) is 92.7. The molecule has 124 heavy (non-hydrogen) atoms. The summed E-state index contributed by atoms with van der Waals surface area (Å²) in [5.41, 5.74) is 8.80. The van der Waals surface area contributed by atoms with Crippen LogP contribution in [0.2, 0.25) is 0 Å². The molecule has 7 amide bonds. The fourth-order valence-electron chi connectivity index (χ4n) is 14.7. The number of hydrogen-bond donors (Lipinski definition) is 7. The lowest BCUT2D eigenvalue weighted by Crippen LogP contribution is -2.46. The average molecular weight is 1730 g/mol. The molecule has 7 N–H and O–H groups in total. The van der Waals surface area contributed by atoms with Crippen molar-refractivity contribution >= 4 is 64.1 Å². The highest BCUT2D eigenvalue weighted by Gasteiger charge is 2.34. The summed E-state index contributed by atoms with van der Waals surface area (Å²) < 4.78 is 123. The van der Waals surface area contributed by atoms with Gasteiger partial charge < -0.3 is 70.0 Å². The topological polar surface area (TPSA) is 239 Å². The Bertz CT molecular complexity index is 4870. The Hall–Kier alpha value is -10.4. The first-order chi connectivity index (χ1) is 57.4. The van der Waals surface area contributed by atoms with Crippen molar-refractivity contribution in [1.29, 1.82) is 0 Å². The molecular formula is C95H129F8N13O8. The standard InChI is InChI=1S/C25H34F2N4O2.C25H33F2N3O3.C23H33F2N3O.C22H29F2N3O2/c1-17-20(23(33)29-19-8-6-7-18(15-19)25(5,26)27)16-21(24(2,3)4)31(17)12-9-22(32)30-13-10-28-11-14-30;1-17-20(23(32)28-19-8-6-7-18(15-19)25(5,26)27)16-21(24(2,3)4)30(17)10-9-22(31)29-11-13-33-14-12-29;1-15(26-7)11-12-28-16(2)19(14-20(28)22(3,4)5)21(29)27-18-10-8-9-17(13-18)23(6,24)25;1-14-17(13-18(21(2,3)4)27(14)11-10-19(28)25-6)20(29)26-16-9-7-8-15(12-16)22(5,23)24/h6-8,15-16,28H,9-14H2,1-5H3,(H,29,33);6-8,15-16H,9-14H2,1-5H3,(H,28,32);8-10,13-15,26H,11-12H2,1-7H3,(H,27,29);7-9,12-13H,10-11H2,1-6H3,(H,25,28)(H,26,29). The molecule has 29 heteroatoms. The summed E-state index contributed by atoms with van der Waals surface area (Å²) in [6, 6.07) is 30.7. The summed E-state index contributed by atoms with van der Waals surface area (Å²) in [6.45, 7) is 45.2. The number of aromatic nitrogens is 4. The third-order valence-corrected chi connectivity index (χ3v) is 22.1. The van der Waals surface area contributed by atoms with E-state index in [1.54, 1.807) is 31.3 Å². The van der Waals surface area contributed by atoms with E-state index in [0.717, 1.165) is 99.3 Å². The molecule has 10 rings (SSSR count). The van der Waals surface area contributed by atoms with Gasteiger partial charge in [0.05, 0.1) is 35.5 Å². The molecule has 678 valence electrons. The number of amides is 7. The third-order valence-electron chi connectivity index (χ3n) is 22.1. The first-order valence-electron chi connectivity index (χ1n) is 42.2. The van der Waals surface area contributed by atoms with E-state index >= 15 is 0 Å². The number of carbonyl (C=O) groups is 7. The van der Waals surface area contributed by atoms with Crippen molar-refractivity contribution in [3.63, 3.8) is 0 Å². The Morgan fingerprint density at radius 3 is 0.887 bits per heavy atom. The minimum absolute atomic E-state index is 0.0644. The number of morpholine rings is 1. The highest BCUT2D eigenvalue weighted by atomic mass is 19.3. The molecule has 6 heterocycles. The van der Waals surface area contributed by atoms with E-state index in [2.05, 4.69) is 111 Å². The van der Waals surface area contributed by atoms with Gasteiger partial charge in [-0.1, -0.05) is 132 Å². The Morgan fingerprint density at radius 1 is 0.379 bits per heavy atom. The van der Waals surface area contributed by atoms with Crippen LogP contribution >= 0.6 is 0 Å². The molecular weight excluding hydrogens is 1600 g/mol. The maximum absolute atomic E-state index is 13.7. The summed E-state index contributed by atoms with van der Waals surface area (Å²) in [4.78, 5) is 92.7. The van der Waals surface area contributed by atoms with Crippen molar-refractivity contribution in [3.8, 4) is 0 Å². The summed E-state index contributed by atoms with van der Waals surface area (Å²) in [6.07, 6.45) is 1.91. The number of rotatable bonds is 25. The molecule has 21 nitrogen and oxygen atoms in total. The summed E-state index contributed by atoms with van der Waals surface area (Å²) in [7, 11) is 3.52. The normalized spacial score (nSPS) is 13.9. The van der Waals surface area contributed by atoms with E-state index in [1.807, 2.05) is 103 Å². The van der Waals surface area contributed by atoms with Crippen LogP contribution in [0, 0.1) is 27.7 Å². The number of carbonyl (C=O) groups excluding carboxylic acids is 7. The fraction of sp³-hybridized carbons (Fsp3) is 0.505. The van der Waals surface area contributed by atoms with Gasteiger partial charge in [0.1, 0.15) is 0 Å². The van der Waals surface area contributed by atoms with Crippen LogP contribution in [0.1, 0.15) is 253 Å². The van der Waals surface area contributed by atoms with Crippen LogP contribution in [-0.4, -0.2) is 142 Å². The molecule has 2 aliphatic heterocycles. The zero-order valence-corrected chi connectivity index (χ0v) is 76.4. The SMILES string of the molecule is CNC(=O)CCn1c(C(C)(C)C)cc(C(=O)Nc2cccc(C(C)(F)F)c2)c1C.CNC(C)CCn1c(C(C)(C)C)cc(C(=O)Nc2cccc(C(C)(F)F)c2)c1C.Cc1c(C(=O)Nc2cccc(C(C)(F)F)c2)cc(C(C)(C)C)n1CCC(=O)N1CCNCC1.Cc1c(C(=O)Nc2cccc(C(C)(F)F)c2)cc(C(C)(C)C)n1CCC(=O)N1CCOCC1. The number of nitrogens with zero attached hydrogens (tertiary/aromatic N) is 6. The van der Waals surface area contributed by atoms with Crippen molar-refractivity contribution in [2.75, 3.05) is 87.8 Å². The van der Waals surface area contributed by atoms with Crippen molar-refractivity contribution in [1.82, 2.24) is 44.0 Å². The Balaban J connectivity index is 0.000000228. The van der Waals surface area contributed by atoms with Crippen molar-refractivity contribution < 1.29 is 73.4 Å². The third kappa shape index (κ3) is 27.8. The average Bonchev–Trinajstić information content (AvgIpc) is 1.64. The van der Waals surface area contributed by atoms with Crippen molar-refractivity contribution in [2.45, 2.75) is 249 Å². The van der Waals surface area contributed by atoms with Gasteiger partial charge in [-0.05, 0) is 121 Å². The quantitative estimate of drug-likeness (QED) is 0.0267. The maximum Gasteiger partial charge on any atom is 0.270 e. The number of benzene rings is 4. The lowest BCUT2D eigenvalue weighted by Gasteiger charge is -2.28. The van der Waals surface area contributed by atoms with E-state index in [1.165, 1.54) is 72.8 Å². The van der Waals surface area contributed by atoms with Gasteiger partial charge in [-0.15, -0.1) is 0 Å². The van der Waals surface area contributed by atoms with Crippen LogP contribution in [0.3, 0.4) is 0 Å². The Kier molecular flexibility index (Phi) is 33.8. The van der Waals surface area contributed by atoms with E-state index < -0.39 is 23.7 Å². The minimum atomic E-state index is -2.99. The molecule has 4 aromatic carbocycles. The molecule has 4 aromatic heterocycles. The van der Waals surface area contributed by atoms with Gasteiger partial charge in [-0.3, -0.25) is 33.6 Å². The lowest BCUT2D eigenvalue weighted by atomic mass is 9.91. The van der Waals surface area contributed by atoms with Gasteiger partial charge in [-0.25, -0.2) is 35.1 Å². The molecule has 1 atom stereocenters. The minimum Gasteiger partial charge on any atom is -0.378 e. The molecule has 2 saturated heterocycles. The summed E-state index contributed by atoms with van der Waals surface area (Å²) >= 11 is 0. The molecule has 2 aliphatic rings. The molecule has 2 fully saturated rings.